The predicted molar refractivity (Wildman–Crippen MR) is 122 cm³/mol. The van der Waals surface area contributed by atoms with Gasteiger partial charge in [-0.2, -0.15) is 0 Å². The Morgan fingerprint density at radius 2 is 2.03 bits per heavy atom. The van der Waals surface area contributed by atoms with Crippen LogP contribution in [0.25, 0.3) is 11.0 Å². The number of benzene rings is 2. The molecule has 0 aliphatic carbocycles. The summed E-state index contributed by atoms with van der Waals surface area (Å²) in [6, 6.07) is 10.9. The van der Waals surface area contributed by atoms with Crippen LogP contribution in [0.1, 0.15) is 21.7 Å². The van der Waals surface area contributed by atoms with Crippen molar-refractivity contribution in [2.45, 2.75) is 12.1 Å². The number of ether oxygens (including phenoxy) is 1. The van der Waals surface area contributed by atoms with Gasteiger partial charge in [0.25, 0.3) is 11.8 Å². The van der Waals surface area contributed by atoms with Gasteiger partial charge in [-0.05, 0) is 49.0 Å². The van der Waals surface area contributed by atoms with Gasteiger partial charge in [-0.3, -0.25) is 25.0 Å². The highest BCUT2D eigenvalue weighted by Gasteiger charge is 2.46. The van der Waals surface area contributed by atoms with Gasteiger partial charge in [0, 0.05) is 23.2 Å². The average Bonchev–Trinajstić information content (AvgIpc) is 3.37. The van der Waals surface area contributed by atoms with E-state index in [0.29, 0.717) is 28.0 Å². The monoisotopic (exact) mass is 465 g/mol. The Kier molecular flexibility index (Phi) is 5.95. The fourth-order valence-electron chi connectivity index (χ4n) is 4.11. The van der Waals surface area contributed by atoms with Gasteiger partial charge in [-0.15, -0.1) is 0 Å². The van der Waals surface area contributed by atoms with Crippen molar-refractivity contribution in [3.05, 3.63) is 59.4 Å². The van der Waals surface area contributed by atoms with E-state index >= 15 is 0 Å². The van der Waals surface area contributed by atoms with Crippen molar-refractivity contribution >= 4 is 40.9 Å². The molecule has 3 aromatic rings. The second kappa shape index (κ2) is 8.87. The molecule has 2 aromatic carbocycles. The Morgan fingerprint density at radius 3 is 2.71 bits per heavy atom. The number of hydrogen-bond donors (Lipinski definition) is 4. The lowest BCUT2D eigenvalue weighted by Gasteiger charge is -2.33. The minimum absolute atomic E-state index is 0.120. The van der Waals surface area contributed by atoms with Gasteiger partial charge in [0.2, 0.25) is 6.41 Å². The van der Waals surface area contributed by atoms with E-state index < -0.39 is 17.5 Å². The van der Waals surface area contributed by atoms with E-state index in [1.54, 1.807) is 42.5 Å². The summed E-state index contributed by atoms with van der Waals surface area (Å²) in [6.07, 6.45) is 0.275. The fraction of sp³-hybridized carbons (Fsp3) is 0.217. The molecule has 0 spiro atoms. The van der Waals surface area contributed by atoms with Crippen LogP contribution < -0.4 is 26.4 Å². The molecule has 4 rings (SSSR count). The zero-order valence-corrected chi connectivity index (χ0v) is 18.5. The first-order chi connectivity index (χ1) is 16.3. The SMILES string of the molecule is CN[C@](CN1Cc2ccc(OC)cc2C1=O)(C(=O)NC=O)c1cc2cc(NC(N)=O)ccc2o1. The minimum atomic E-state index is -1.58. The highest BCUT2D eigenvalue weighted by atomic mass is 16.5. The zero-order valence-electron chi connectivity index (χ0n) is 18.5. The number of urea groups is 1. The van der Waals surface area contributed by atoms with Gasteiger partial charge in [-0.1, -0.05) is 6.07 Å². The van der Waals surface area contributed by atoms with Crippen LogP contribution >= 0.6 is 0 Å². The first kappa shape index (κ1) is 22.8. The third-order valence-electron chi connectivity index (χ3n) is 5.83. The van der Waals surface area contributed by atoms with Gasteiger partial charge < -0.3 is 25.1 Å². The number of primary amides is 1. The van der Waals surface area contributed by atoms with Crippen molar-refractivity contribution in [3.8, 4) is 5.75 Å². The zero-order chi connectivity index (χ0) is 24.5. The number of methoxy groups -OCH3 is 1. The van der Waals surface area contributed by atoms with E-state index in [1.165, 1.54) is 19.1 Å². The van der Waals surface area contributed by atoms with E-state index in [1.807, 2.05) is 0 Å². The number of amides is 5. The maximum atomic E-state index is 13.2. The first-order valence-corrected chi connectivity index (χ1v) is 10.3. The molecule has 34 heavy (non-hydrogen) atoms. The molecule has 176 valence electrons. The number of nitrogens with zero attached hydrogens (tertiary/aromatic N) is 1. The molecule has 11 heteroatoms. The van der Waals surface area contributed by atoms with Gasteiger partial charge in [0.15, 0.2) is 5.54 Å². The van der Waals surface area contributed by atoms with Gasteiger partial charge in [-0.25, -0.2) is 4.79 Å². The number of carbonyl (C=O) groups is 4. The van der Waals surface area contributed by atoms with E-state index in [4.69, 9.17) is 14.9 Å². The molecule has 0 radical (unpaired) electrons. The normalized spacial score (nSPS) is 14.4. The van der Waals surface area contributed by atoms with E-state index in [-0.39, 0.29) is 31.2 Å². The first-order valence-electron chi connectivity index (χ1n) is 10.3. The van der Waals surface area contributed by atoms with E-state index in [9.17, 15) is 19.2 Å². The molecule has 1 aromatic heterocycles. The number of fused-ring (bicyclic) bond motifs is 2. The molecule has 5 amide bonds. The Hall–Kier alpha value is -4.38. The molecule has 0 fully saturated rings. The third kappa shape index (κ3) is 3.92. The van der Waals surface area contributed by atoms with Crippen molar-refractivity contribution in [2.24, 2.45) is 5.73 Å². The summed E-state index contributed by atoms with van der Waals surface area (Å²) in [5.74, 6) is -0.246. The molecular weight excluding hydrogens is 442 g/mol. The molecule has 0 saturated heterocycles. The molecule has 0 unspecified atom stereocenters. The number of nitrogens with one attached hydrogen (secondary N) is 3. The maximum Gasteiger partial charge on any atom is 0.316 e. The van der Waals surface area contributed by atoms with Crippen molar-refractivity contribution < 1.29 is 28.3 Å². The topological polar surface area (TPSA) is 156 Å². The van der Waals surface area contributed by atoms with Gasteiger partial charge in [0.05, 0.1) is 13.7 Å². The summed E-state index contributed by atoms with van der Waals surface area (Å²) in [6.45, 7) is 0.147. The third-order valence-corrected chi connectivity index (χ3v) is 5.83. The lowest BCUT2D eigenvalue weighted by Crippen LogP contribution is -2.58. The summed E-state index contributed by atoms with van der Waals surface area (Å²) < 4.78 is 11.2. The number of imide groups is 1. The highest BCUT2D eigenvalue weighted by Crippen LogP contribution is 2.34. The molecule has 0 bridgehead atoms. The largest absolute Gasteiger partial charge is 0.497 e. The van der Waals surface area contributed by atoms with Crippen molar-refractivity contribution in [1.29, 1.82) is 0 Å². The van der Waals surface area contributed by atoms with Crippen molar-refractivity contribution in [3.63, 3.8) is 0 Å². The lowest BCUT2D eigenvalue weighted by atomic mass is 9.93. The number of nitrogens with two attached hydrogens (primary N) is 1. The summed E-state index contributed by atoms with van der Waals surface area (Å²) in [5.41, 5.74) is 5.74. The second-order valence-electron chi connectivity index (χ2n) is 7.78. The summed E-state index contributed by atoms with van der Waals surface area (Å²) >= 11 is 0. The van der Waals surface area contributed by atoms with Crippen LogP contribution in [0.5, 0.6) is 5.75 Å². The van der Waals surface area contributed by atoms with Crippen LogP contribution in [0.4, 0.5) is 10.5 Å². The van der Waals surface area contributed by atoms with Gasteiger partial charge in [0.1, 0.15) is 17.1 Å². The smallest absolute Gasteiger partial charge is 0.316 e. The number of likely N-dealkylation sites (N-methyl/N-ethyl adjacent to an activating group) is 1. The summed E-state index contributed by atoms with van der Waals surface area (Å²) in [5, 5.41) is 8.18. The average molecular weight is 465 g/mol. The maximum absolute atomic E-state index is 13.2. The molecule has 11 nitrogen and oxygen atoms in total. The highest BCUT2D eigenvalue weighted by molar-refractivity contribution is 6.00. The van der Waals surface area contributed by atoms with E-state index in [0.717, 1.165) is 5.56 Å². The second-order valence-corrected chi connectivity index (χ2v) is 7.78. The standard InChI is InChI=1S/C23H23N5O6/c1-25-23(21(31)26-12-29,11-28-10-13-3-5-16(33-2)9-17(13)20(28)30)19-8-14-7-15(27-22(24)32)4-6-18(14)34-19/h3-9,12,25H,10-11H2,1-2H3,(H3,24,27,32)(H,26,29,31)/t23-/m0/s1. The van der Waals surface area contributed by atoms with E-state index in [2.05, 4.69) is 16.0 Å². The number of hydrogen-bond acceptors (Lipinski definition) is 7. The number of carbonyl (C=O) groups excluding carboxylic acids is 4. The Bertz CT molecular complexity index is 1300. The molecule has 1 aliphatic heterocycles. The number of anilines is 1. The van der Waals surface area contributed by atoms with Crippen LogP contribution in [0.2, 0.25) is 0 Å². The van der Waals surface area contributed by atoms with Crippen LogP contribution in [-0.4, -0.2) is 49.9 Å². The van der Waals surface area contributed by atoms with Crippen LogP contribution in [0, 0.1) is 0 Å². The van der Waals surface area contributed by atoms with Crippen LogP contribution in [-0.2, 0) is 21.7 Å². The summed E-state index contributed by atoms with van der Waals surface area (Å²) in [4.78, 5) is 50.1. The molecule has 2 heterocycles. The quantitative estimate of drug-likeness (QED) is 0.365. The molecule has 1 atom stereocenters. The number of rotatable bonds is 8. The number of furan rings is 1. The van der Waals surface area contributed by atoms with Crippen molar-refractivity contribution in [2.75, 3.05) is 26.0 Å². The fourth-order valence-corrected chi connectivity index (χ4v) is 4.11. The Balaban J connectivity index is 1.74. The molecule has 0 saturated carbocycles. The predicted octanol–water partition coefficient (Wildman–Crippen LogP) is 1.28. The molecule has 5 N–H and O–H groups in total. The van der Waals surface area contributed by atoms with Crippen molar-refractivity contribution in [1.82, 2.24) is 15.5 Å². The van der Waals surface area contributed by atoms with Gasteiger partial charge >= 0.3 is 6.03 Å². The van der Waals surface area contributed by atoms with Crippen LogP contribution in [0.3, 0.4) is 0 Å². The lowest BCUT2D eigenvalue weighted by molar-refractivity contribution is -0.132. The molecular formula is C23H23N5O6. The summed E-state index contributed by atoms with van der Waals surface area (Å²) in [7, 11) is 3.05. The Labute approximate surface area is 194 Å². The minimum Gasteiger partial charge on any atom is -0.497 e. The Morgan fingerprint density at radius 1 is 1.24 bits per heavy atom. The van der Waals surface area contributed by atoms with Crippen LogP contribution in [0.15, 0.2) is 46.9 Å². The molecule has 1 aliphatic rings.